The number of nitrogens with zero attached hydrogens (tertiary/aromatic N) is 3. The molecule has 1 aromatic heterocycles. The third kappa shape index (κ3) is 4.79. The minimum absolute atomic E-state index is 0.138. The van der Waals surface area contributed by atoms with Gasteiger partial charge in [0.2, 0.25) is 0 Å². The second kappa shape index (κ2) is 10.0. The average molecular weight is 482 g/mol. The summed E-state index contributed by atoms with van der Waals surface area (Å²) in [6.45, 7) is -0.138. The summed E-state index contributed by atoms with van der Waals surface area (Å²) in [6, 6.07) is 14.5. The van der Waals surface area contributed by atoms with Gasteiger partial charge >= 0.3 is 0 Å². The quantitative estimate of drug-likeness (QED) is 0.503. The standard InChI is InChI=1S/C25H24FN3O4S/c1-28(25(31)23-5-4-12-34-23)15-24(30)29-20(17-8-11-21(32-2)22(13-17)33-3)14-19(27-29)16-6-9-18(26)10-7-16/h4-13,20H,14-15H2,1-3H3. The lowest BCUT2D eigenvalue weighted by atomic mass is 9.98. The summed E-state index contributed by atoms with van der Waals surface area (Å²) in [5, 5.41) is 7.81. The summed E-state index contributed by atoms with van der Waals surface area (Å²) in [4.78, 5) is 27.9. The van der Waals surface area contributed by atoms with Gasteiger partial charge in [-0.2, -0.15) is 5.10 Å². The van der Waals surface area contributed by atoms with Gasteiger partial charge in [-0.25, -0.2) is 9.40 Å². The molecule has 1 aliphatic rings. The number of ether oxygens (including phenoxy) is 2. The zero-order chi connectivity index (χ0) is 24.2. The van der Waals surface area contributed by atoms with Gasteiger partial charge in [-0.3, -0.25) is 9.59 Å². The Balaban J connectivity index is 1.63. The van der Waals surface area contributed by atoms with Gasteiger partial charge in [0.05, 0.1) is 30.9 Å². The molecule has 0 saturated heterocycles. The minimum atomic E-state index is -0.419. The topological polar surface area (TPSA) is 71.4 Å². The van der Waals surface area contributed by atoms with Crippen LogP contribution in [0.5, 0.6) is 11.5 Å². The van der Waals surface area contributed by atoms with Crippen molar-refractivity contribution in [3.05, 3.63) is 81.8 Å². The van der Waals surface area contributed by atoms with Gasteiger partial charge in [-0.1, -0.05) is 24.3 Å². The van der Waals surface area contributed by atoms with Gasteiger partial charge in [-0.05, 0) is 46.8 Å². The second-order valence-electron chi connectivity index (χ2n) is 7.76. The SMILES string of the molecule is COc1ccc(C2CC(c3ccc(F)cc3)=NN2C(=O)CN(C)C(=O)c2cccs2)cc1OC. The van der Waals surface area contributed by atoms with E-state index in [0.29, 0.717) is 28.5 Å². The van der Waals surface area contributed by atoms with Gasteiger partial charge in [0.25, 0.3) is 11.8 Å². The molecular weight excluding hydrogens is 457 g/mol. The fraction of sp³-hybridized carbons (Fsp3) is 0.240. The van der Waals surface area contributed by atoms with E-state index in [1.54, 1.807) is 51.6 Å². The first kappa shape index (κ1) is 23.4. The van der Waals surface area contributed by atoms with Crippen LogP contribution in [0.15, 0.2) is 65.1 Å². The van der Waals surface area contributed by atoms with Crippen LogP contribution < -0.4 is 9.47 Å². The number of halogens is 1. The number of amides is 2. The summed E-state index contributed by atoms with van der Waals surface area (Å²) >= 11 is 1.32. The maximum Gasteiger partial charge on any atom is 0.264 e. The molecule has 0 spiro atoms. The average Bonchev–Trinajstić information content (AvgIpc) is 3.54. The molecule has 1 unspecified atom stereocenters. The lowest BCUT2D eigenvalue weighted by molar-refractivity contribution is -0.133. The monoisotopic (exact) mass is 481 g/mol. The fourth-order valence-electron chi connectivity index (χ4n) is 3.81. The predicted molar refractivity (Wildman–Crippen MR) is 128 cm³/mol. The van der Waals surface area contributed by atoms with Crippen molar-refractivity contribution in [1.29, 1.82) is 0 Å². The molecule has 2 heterocycles. The number of methoxy groups -OCH3 is 2. The van der Waals surface area contributed by atoms with E-state index in [1.807, 2.05) is 17.5 Å². The highest BCUT2D eigenvalue weighted by Crippen LogP contribution is 2.37. The first-order valence-corrected chi connectivity index (χ1v) is 11.5. The summed E-state index contributed by atoms with van der Waals surface area (Å²) in [5.41, 5.74) is 2.18. The van der Waals surface area contributed by atoms with Gasteiger partial charge in [0.1, 0.15) is 12.4 Å². The molecule has 0 radical (unpaired) electrons. The van der Waals surface area contributed by atoms with Gasteiger partial charge in [-0.15, -0.1) is 11.3 Å². The zero-order valence-corrected chi connectivity index (χ0v) is 19.8. The number of carbonyl (C=O) groups excluding carboxylic acids is 2. The highest BCUT2D eigenvalue weighted by Gasteiger charge is 2.34. The van der Waals surface area contributed by atoms with E-state index in [4.69, 9.17) is 9.47 Å². The molecule has 4 rings (SSSR count). The Kier molecular flexibility index (Phi) is 6.93. The molecule has 1 aliphatic heterocycles. The number of hydrogen-bond donors (Lipinski definition) is 0. The zero-order valence-electron chi connectivity index (χ0n) is 19.0. The highest BCUT2D eigenvalue weighted by atomic mass is 32.1. The lowest BCUT2D eigenvalue weighted by Crippen LogP contribution is -2.39. The van der Waals surface area contributed by atoms with Crippen molar-refractivity contribution < 1.29 is 23.5 Å². The molecule has 1 atom stereocenters. The maximum atomic E-state index is 13.4. The van der Waals surface area contributed by atoms with Gasteiger partial charge in [0, 0.05) is 13.5 Å². The molecule has 3 aromatic rings. The molecule has 2 amide bonds. The third-order valence-corrected chi connectivity index (χ3v) is 6.44. The Morgan fingerprint density at radius 3 is 2.50 bits per heavy atom. The highest BCUT2D eigenvalue weighted by molar-refractivity contribution is 7.12. The van der Waals surface area contributed by atoms with Crippen molar-refractivity contribution in [2.45, 2.75) is 12.5 Å². The van der Waals surface area contributed by atoms with Crippen LogP contribution in [0.1, 0.15) is 33.3 Å². The molecule has 0 bridgehead atoms. The molecule has 0 saturated carbocycles. The molecule has 2 aromatic carbocycles. The molecule has 0 aliphatic carbocycles. The number of benzene rings is 2. The van der Waals surface area contributed by atoms with Gasteiger partial charge in [0.15, 0.2) is 11.5 Å². The number of carbonyl (C=O) groups is 2. The van der Waals surface area contributed by atoms with Crippen molar-refractivity contribution in [3.8, 4) is 11.5 Å². The van der Waals surface area contributed by atoms with Crippen LogP contribution in [0.4, 0.5) is 4.39 Å². The van der Waals surface area contributed by atoms with Crippen LogP contribution in [-0.4, -0.2) is 55.2 Å². The van der Waals surface area contributed by atoms with E-state index in [1.165, 1.54) is 33.4 Å². The van der Waals surface area contributed by atoms with Crippen LogP contribution in [0.3, 0.4) is 0 Å². The smallest absolute Gasteiger partial charge is 0.264 e. The van der Waals surface area contributed by atoms with E-state index in [0.717, 1.165) is 11.1 Å². The van der Waals surface area contributed by atoms with E-state index >= 15 is 0 Å². The van der Waals surface area contributed by atoms with E-state index in [9.17, 15) is 14.0 Å². The Bertz CT molecular complexity index is 1210. The van der Waals surface area contributed by atoms with Crippen LogP contribution >= 0.6 is 11.3 Å². The largest absolute Gasteiger partial charge is 0.493 e. The molecule has 34 heavy (non-hydrogen) atoms. The maximum absolute atomic E-state index is 13.4. The molecule has 0 fully saturated rings. The number of hydrogen-bond acceptors (Lipinski definition) is 6. The van der Waals surface area contributed by atoms with Crippen molar-refractivity contribution in [2.75, 3.05) is 27.8 Å². The molecule has 0 N–H and O–H groups in total. The third-order valence-electron chi connectivity index (χ3n) is 5.59. The van der Waals surface area contributed by atoms with Crippen LogP contribution in [-0.2, 0) is 4.79 Å². The Labute approximate surface area is 201 Å². The normalized spacial score (nSPS) is 15.1. The van der Waals surface area contributed by atoms with Crippen LogP contribution in [0.25, 0.3) is 0 Å². The first-order valence-electron chi connectivity index (χ1n) is 10.6. The molecular formula is C25H24FN3O4S. The number of thiophene rings is 1. The lowest BCUT2D eigenvalue weighted by Gasteiger charge is -2.25. The van der Waals surface area contributed by atoms with Crippen molar-refractivity contribution >= 4 is 28.9 Å². The van der Waals surface area contributed by atoms with Crippen molar-refractivity contribution in [3.63, 3.8) is 0 Å². The summed E-state index contributed by atoms with van der Waals surface area (Å²) in [7, 11) is 4.69. The van der Waals surface area contributed by atoms with E-state index in [-0.39, 0.29) is 24.2 Å². The van der Waals surface area contributed by atoms with Crippen LogP contribution in [0.2, 0.25) is 0 Å². The predicted octanol–water partition coefficient (Wildman–Crippen LogP) is 4.35. The molecule has 9 heteroatoms. The van der Waals surface area contributed by atoms with Crippen molar-refractivity contribution in [2.24, 2.45) is 5.10 Å². The number of likely N-dealkylation sites (N-methyl/N-ethyl adjacent to an activating group) is 1. The fourth-order valence-corrected chi connectivity index (χ4v) is 4.53. The Hall–Kier alpha value is -3.72. The Morgan fingerprint density at radius 1 is 1.12 bits per heavy atom. The summed E-state index contributed by atoms with van der Waals surface area (Å²) in [6.07, 6.45) is 0.426. The van der Waals surface area contributed by atoms with Crippen molar-refractivity contribution in [1.82, 2.24) is 9.91 Å². The molecule has 7 nitrogen and oxygen atoms in total. The van der Waals surface area contributed by atoms with E-state index in [2.05, 4.69) is 5.10 Å². The molecule has 176 valence electrons. The first-order chi connectivity index (χ1) is 16.4. The summed E-state index contributed by atoms with van der Waals surface area (Å²) < 4.78 is 24.2. The second-order valence-corrected chi connectivity index (χ2v) is 8.71. The van der Waals surface area contributed by atoms with Crippen LogP contribution in [0, 0.1) is 5.82 Å². The number of hydrazone groups is 1. The minimum Gasteiger partial charge on any atom is -0.493 e. The number of rotatable bonds is 7. The van der Waals surface area contributed by atoms with E-state index < -0.39 is 6.04 Å². The Morgan fingerprint density at radius 2 is 1.85 bits per heavy atom. The summed E-state index contributed by atoms with van der Waals surface area (Å²) in [5.74, 6) is 0.202. The van der Waals surface area contributed by atoms with Gasteiger partial charge < -0.3 is 14.4 Å².